The monoisotopic (exact) mass is 301 g/mol. The van der Waals surface area contributed by atoms with Gasteiger partial charge in [0.25, 0.3) is 0 Å². The van der Waals surface area contributed by atoms with Crippen molar-refractivity contribution in [2.24, 2.45) is 0 Å². The van der Waals surface area contributed by atoms with Crippen LogP contribution in [0.1, 0.15) is 5.76 Å². The van der Waals surface area contributed by atoms with Gasteiger partial charge in [0.1, 0.15) is 5.69 Å². The summed E-state index contributed by atoms with van der Waals surface area (Å²) < 4.78 is 10.6. The van der Waals surface area contributed by atoms with E-state index >= 15 is 0 Å². The lowest BCUT2D eigenvalue weighted by Gasteiger charge is -2.33. The molecule has 5 heteroatoms. The molecule has 0 spiro atoms. The minimum Gasteiger partial charge on any atom is -0.383 e. The van der Waals surface area contributed by atoms with Gasteiger partial charge in [0.05, 0.1) is 13.2 Å². The van der Waals surface area contributed by atoms with Crippen LogP contribution in [0.4, 0.5) is 0 Å². The summed E-state index contributed by atoms with van der Waals surface area (Å²) in [4.78, 5) is 4.86. The molecule has 0 amide bonds. The molecule has 118 valence electrons. The third-order valence-corrected chi connectivity index (χ3v) is 4.08. The Balaban J connectivity index is 1.51. The summed E-state index contributed by atoms with van der Waals surface area (Å²) in [5, 5.41) is 4.18. The number of methoxy groups -OCH3 is 1. The maximum absolute atomic E-state index is 5.49. The van der Waals surface area contributed by atoms with Crippen LogP contribution in [0, 0.1) is 0 Å². The summed E-state index contributed by atoms with van der Waals surface area (Å²) in [7, 11) is 1.75. The highest BCUT2D eigenvalue weighted by molar-refractivity contribution is 5.58. The second-order valence-corrected chi connectivity index (χ2v) is 5.66. The zero-order chi connectivity index (χ0) is 15.2. The molecule has 0 saturated carbocycles. The van der Waals surface area contributed by atoms with Crippen molar-refractivity contribution in [1.29, 1.82) is 0 Å². The summed E-state index contributed by atoms with van der Waals surface area (Å²) in [6.07, 6.45) is 0. The van der Waals surface area contributed by atoms with Gasteiger partial charge in [0, 0.05) is 51.5 Å². The van der Waals surface area contributed by atoms with E-state index in [9.17, 15) is 0 Å². The fraction of sp³-hybridized carbons (Fsp3) is 0.471. The first-order chi connectivity index (χ1) is 10.8. The molecule has 3 rings (SSSR count). The van der Waals surface area contributed by atoms with Crippen LogP contribution in [0.25, 0.3) is 11.3 Å². The Bertz CT molecular complexity index is 562. The maximum Gasteiger partial charge on any atom is 0.151 e. The molecule has 2 aromatic rings. The Labute approximate surface area is 131 Å². The highest BCUT2D eigenvalue weighted by Gasteiger charge is 2.18. The molecule has 22 heavy (non-hydrogen) atoms. The lowest BCUT2D eigenvalue weighted by molar-refractivity contribution is 0.0893. The van der Waals surface area contributed by atoms with Gasteiger partial charge in [-0.2, -0.15) is 0 Å². The van der Waals surface area contributed by atoms with Crippen molar-refractivity contribution in [2.75, 3.05) is 46.4 Å². The molecular weight excluding hydrogens is 278 g/mol. The number of ether oxygens (including phenoxy) is 1. The minimum absolute atomic E-state index is 0.808. The summed E-state index contributed by atoms with van der Waals surface area (Å²) in [5.74, 6) is 0.934. The first-order valence-electron chi connectivity index (χ1n) is 7.80. The molecule has 5 nitrogen and oxygen atoms in total. The quantitative estimate of drug-likeness (QED) is 0.817. The van der Waals surface area contributed by atoms with Crippen LogP contribution in [0.3, 0.4) is 0 Å². The molecule has 0 unspecified atom stereocenters. The van der Waals surface area contributed by atoms with Crippen LogP contribution in [0.15, 0.2) is 40.9 Å². The van der Waals surface area contributed by atoms with Crippen molar-refractivity contribution in [2.45, 2.75) is 6.54 Å². The number of nitrogens with zero attached hydrogens (tertiary/aromatic N) is 3. The van der Waals surface area contributed by atoms with E-state index in [0.29, 0.717) is 0 Å². The average Bonchev–Trinajstić information content (AvgIpc) is 3.04. The second kappa shape index (κ2) is 7.54. The molecular formula is C17H23N3O2. The number of piperazine rings is 1. The van der Waals surface area contributed by atoms with E-state index in [-0.39, 0.29) is 0 Å². The second-order valence-electron chi connectivity index (χ2n) is 5.66. The van der Waals surface area contributed by atoms with Crippen LogP contribution >= 0.6 is 0 Å². The van der Waals surface area contributed by atoms with Crippen LogP contribution in [-0.2, 0) is 11.3 Å². The van der Waals surface area contributed by atoms with Gasteiger partial charge in [0.2, 0.25) is 0 Å². The highest BCUT2D eigenvalue weighted by atomic mass is 16.5. The first-order valence-corrected chi connectivity index (χ1v) is 7.80. The number of benzene rings is 1. The van der Waals surface area contributed by atoms with Gasteiger partial charge in [-0.05, 0) is 0 Å². The molecule has 0 aliphatic carbocycles. The predicted molar refractivity (Wildman–Crippen MR) is 85.5 cm³/mol. The zero-order valence-corrected chi connectivity index (χ0v) is 13.1. The van der Waals surface area contributed by atoms with Crippen molar-refractivity contribution in [3.05, 3.63) is 42.2 Å². The zero-order valence-electron chi connectivity index (χ0n) is 13.1. The molecule has 0 bridgehead atoms. The molecule has 0 N–H and O–H groups in total. The Morgan fingerprint density at radius 1 is 1.09 bits per heavy atom. The molecule has 2 heterocycles. The lowest BCUT2D eigenvalue weighted by Crippen LogP contribution is -2.46. The topological polar surface area (TPSA) is 41.7 Å². The van der Waals surface area contributed by atoms with E-state index in [1.165, 1.54) is 0 Å². The summed E-state index contributed by atoms with van der Waals surface area (Å²) in [6.45, 7) is 6.95. The van der Waals surface area contributed by atoms with Gasteiger partial charge in [-0.1, -0.05) is 35.5 Å². The van der Waals surface area contributed by atoms with Gasteiger partial charge in [-0.15, -0.1) is 0 Å². The minimum atomic E-state index is 0.808. The van der Waals surface area contributed by atoms with Gasteiger partial charge in [-0.25, -0.2) is 0 Å². The van der Waals surface area contributed by atoms with Crippen molar-refractivity contribution in [3.63, 3.8) is 0 Å². The number of hydrogen-bond donors (Lipinski definition) is 0. The molecule has 1 saturated heterocycles. The van der Waals surface area contributed by atoms with Gasteiger partial charge < -0.3 is 9.26 Å². The van der Waals surface area contributed by atoms with E-state index in [4.69, 9.17) is 9.26 Å². The fourth-order valence-corrected chi connectivity index (χ4v) is 2.74. The van der Waals surface area contributed by atoms with E-state index in [2.05, 4.69) is 27.1 Å². The van der Waals surface area contributed by atoms with E-state index in [1.54, 1.807) is 7.11 Å². The molecule has 1 fully saturated rings. The van der Waals surface area contributed by atoms with E-state index < -0.39 is 0 Å². The molecule has 1 aliphatic heterocycles. The smallest absolute Gasteiger partial charge is 0.151 e. The maximum atomic E-state index is 5.49. The molecule has 0 atom stereocenters. The van der Waals surface area contributed by atoms with Crippen molar-refractivity contribution < 1.29 is 9.26 Å². The van der Waals surface area contributed by atoms with Crippen LogP contribution < -0.4 is 0 Å². The average molecular weight is 301 g/mol. The van der Waals surface area contributed by atoms with Crippen molar-refractivity contribution in [1.82, 2.24) is 15.0 Å². The van der Waals surface area contributed by atoms with Crippen molar-refractivity contribution >= 4 is 0 Å². The van der Waals surface area contributed by atoms with Crippen LogP contribution in [0.5, 0.6) is 0 Å². The van der Waals surface area contributed by atoms with Gasteiger partial charge in [-0.3, -0.25) is 9.80 Å². The largest absolute Gasteiger partial charge is 0.383 e. The molecule has 1 aliphatic rings. The van der Waals surface area contributed by atoms with Crippen LogP contribution in [-0.4, -0.2) is 61.4 Å². The predicted octanol–water partition coefficient (Wildman–Crippen LogP) is 2.11. The van der Waals surface area contributed by atoms with Gasteiger partial charge >= 0.3 is 0 Å². The molecule has 0 radical (unpaired) electrons. The highest BCUT2D eigenvalue weighted by Crippen LogP contribution is 2.19. The van der Waals surface area contributed by atoms with Gasteiger partial charge in [0.15, 0.2) is 5.76 Å². The summed E-state index contributed by atoms with van der Waals surface area (Å²) in [5.41, 5.74) is 2.01. The van der Waals surface area contributed by atoms with Crippen LogP contribution in [0.2, 0.25) is 0 Å². The Hall–Kier alpha value is -1.69. The molecule has 1 aromatic heterocycles. The number of rotatable bonds is 6. The SMILES string of the molecule is COCCN1CCN(Cc2cc(-c3ccccc3)no2)CC1. The molecule has 1 aromatic carbocycles. The van der Waals surface area contributed by atoms with E-state index in [1.807, 2.05) is 24.3 Å². The third-order valence-electron chi connectivity index (χ3n) is 4.08. The first kappa shape index (κ1) is 15.2. The Kier molecular flexibility index (Phi) is 5.21. The standard InChI is InChI=1S/C17H23N3O2/c1-21-12-11-19-7-9-20(10-8-19)14-16-13-17(18-22-16)15-5-3-2-4-6-15/h2-6,13H,7-12,14H2,1H3. The normalized spacial score (nSPS) is 17.0. The summed E-state index contributed by atoms with van der Waals surface area (Å²) in [6, 6.07) is 12.2. The third kappa shape index (κ3) is 3.94. The Morgan fingerprint density at radius 3 is 2.55 bits per heavy atom. The number of aromatic nitrogens is 1. The fourth-order valence-electron chi connectivity index (χ4n) is 2.74. The van der Waals surface area contributed by atoms with E-state index in [0.717, 1.165) is 62.9 Å². The lowest BCUT2D eigenvalue weighted by atomic mass is 10.1. The number of hydrogen-bond acceptors (Lipinski definition) is 5. The van der Waals surface area contributed by atoms with Crippen molar-refractivity contribution in [3.8, 4) is 11.3 Å². The summed E-state index contributed by atoms with van der Waals surface area (Å²) >= 11 is 0. The Morgan fingerprint density at radius 2 is 1.82 bits per heavy atom.